The van der Waals surface area contributed by atoms with Crippen molar-refractivity contribution in [2.75, 3.05) is 0 Å². The first-order valence-electron chi connectivity index (χ1n) is 10.1. The average molecular weight is 369 g/mol. The van der Waals surface area contributed by atoms with Gasteiger partial charge in [-0.05, 0) is 48.4 Å². The summed E-state index contributed by atoms with van der Waals surface area (Å²) in [6.45, 7) is 15.4. The first-order valence-corrected chi connectivity index (χ1v) is 10.1. The van der Waals surface area contributed by atoms with Crippen molar-refractivity contribution < 1.29 is 9.47 Å². The lowest BCUT2D eigenvalue weighted by atomic mass is 9.92. The minimum atomic E-state index is -0.327. The minimum absolute atomic E-state index is 0.0271. The molecule has 0 aliphatic rings. The summed E-state index contributed by atoms with van der Waals surface area (Å²) in [7, 11) is 0. The number of rotatable bonds is 8. The van der Waals surface area contributed by atoms with Crippen molar-refractivity contribution in [1.29, 1.82) is 0 Å². The van der Waals surface area contributed by atoms with Gasteiger partial charge in [0.25, 0.3) is 0 Å². The van der Waals surface area contributed by atoms with Gasteiger partial charge in [0.15, 0.2) is 0 Å². The molecule has 3 unspecified atom stereocenters. The molecule has 0 amide bonds. The Bertz CT molecular complexity index is 668. The van der Waals surface area contributed by atoms with Gasteiger partial charge in [0, 0.05) is 5.41 Å². The molecule has 0 bridgehead atoms. The highest BCUT2D eigenvalue weighted by Gasteiger charge is 2.29. The predicted octanol–water partition coefficient (Wildman–Crippen LogP) is 7.37. The molecule has 0 aliphatic carbocycles. The molecule has 27 heavy (non-hydrogen) atoms. The monoisotopic (exact) mass is 368 g/mol. The van der Waals surface area contributed by atoms with Crippen LogP contribution < -0.4 is 4.74 Å². The molecule has 0 spiro atoms. The smallest absolute Gasteiger partial charge is 0.205 e. The van der Waals surface area contributed by atoms with E-state index in [9.17, 15) is 0 Å². The highest BCUT2D eigenvalue weighted by Crippen LogP contribution is 2.31. The molecule has 0 saturated heterocycles. The first-order chi connectivity index (χ1) is 12.7. The van der Waals surface area contributed by atoms with Gasteiger partial charge in [0.1, 0.15) is 5.75 Å². The molecule has 0 aliphatic heterocycles. The van der Waals surface area contributed by atoms with E-state index in [1.165, 1.54) is 12.0 Å². The molecule has 0 aromatic heterocycles. The fraction of sp³-hybridized carbons (Fsp3) is 0.520. The van der Waals surface area contributed by atoms with E-state index in [2.05, 4.69) is 84.9 Å². The van der Waals surface area contributed by atoms with E-state index in [4.69, 9.17) is 9.47 Å². The fourth-order valence-electron chi connectivity index (χ4n) is 3.24. The summed E-state index contributed by atoms with van der Waals surface area (Å²) < 4.78 is 12.6. The highest BCUT2D eigenvalue weighted by molar-refractivity contribution is 5.29. The Labute approximate surface area is 165 Å². The Kier molecular flexibility index (Phi) is 7.49. The van der Waals surface area contributed by atoms with Gasteiger partial charge >= 0.3 is 0 Å². The Morgan fingerprint density at radius 1 is 0.778 bits per heavy atom. The second-order valence-electron chi connectivity index (χ2n) is 9.10. The number of hydrogen-bond donors (Lipinski definition) is 0. The third-order valence-corrected chi connectivity index (χ3v) is 4.82. The molecular formula is C25H36O2. The molecule has 0 N–H and O–H groups in total. The van der Waals surface area contributed by atoms with Crippen LogP contribution in [0.1, 0.15) is 78.0 Å². The van der Waals surface area contributed by atoms with Gasteiger partial charge in [0.05, 0.1) is 6.10 Å². The maximum atomic E-state index is 6.31. The second-order valence-corrected chi connectivity index (χ2v) is 9.10. The van der Waals surface area contributed by atoms with E-state index in [1.54, 1.807) is 0 Å². The summed E-state index contributed by atoms with van der Waals surface area (Å²) in [4.78, 5) is 0. The van der Waals surface area contributed by atoms with Crippen molar-refractivity contribution in [3.8, 4) is 5.75 Å². The van der Waals surface area contributed by atoms with Crippen LogP contribution in [0.4, 0.5) is 0 Å². The van der Waals surface area contributed by atoms with Crippen LogP contribution in [0.2, 0.25) is 0 Å². The van der Waals surface area contributed by atoms with E-state index in [0.29, 0.717) is 11.8 Å². The molecule has 2 nitrogen and oxygen atoms in total. The molecule has 3 atom stereocenters. The van der Waals surface area contributed by atoms with Crippen molar-refractivity contribution in [2.45, 2.75) is 73.2 Å². The maximum Gasteiger partial charge on any atom is 0.205 e. The first kappa shape index (κ1) is 21.5. The summed E-state index contributed by atoms with van der Waals surface area (Å²) in [5, 5.41) is 0. The normalized spacial score (nSPS) is 15.4. The predicted molar refractivity (Wildman–Crippen MR) is 114 cm³/mol. The van der Waals surface area contributed by atoms with E-state index < -0.39 is 0 Å². The van der Waals surface area contributed by atoms with Gasteiger partial charge in [-0.3, -0.25) is 0 Å². The molecular weight excluding hydrogens is 332 g/mol. The molecule has 0 radical (unpaired) electrons. The molecule has 0 fully saturated rings. The second kappa shape index (κ2) is 9.41. The molecule has 2 aromatic rings. The number of ether oxygens (including phenoxy) is 2. The Balaban J connectivity index is 2.08. The lowest BCUT2D eigenvalue weighted by Crippen LogP contribution is -2.35. The molecule has 148 valence electrons. The largest absolute Gasteiger partial charge is 0.464 e. The zero-order chi connectivity index (χ0) is 20.0. The van der Waals surface area contributed by atoms with Crippen molar-refractivity contribution in [3.63, 3.8) is 0 Å². The zero-order valence-corrected chi connectivity index (χ0v) is 18.0. The van der Waals surface area contributed by atoms with E-state index >= 15 is 0 Å². The summed E-state index contributed by atoms with van der Waals surface area (Å²) >= 11 is 0. The SMILES string of the molecule is CC(C)CC(C)c1ccc(OC(OC(C)c2ccccc2)C(C)(C)C)cc1. The average Bonchev–Trinajstić information content (AvgIpc) is 2.61. The van der Waals surface area contributed by atoms with Gasteiger partial charge in [0.2, 0.25) is 6.29 Å². The summed E-state index contributed by atoms with van der Waals surface area (Å²) in [6, 6.07) is 18.8. The lowest BCUT2D eigenvalue weighted by Gasteiger charge is -2.33. The lowest BCUT2D eigenvalue weighted by molar-refractivity contribution is -0.169. The van der Waals surface area contributed by atoms with E-state index in [1.807, 2.05) is 18.2 Å². The van der Waals surface area contributed by atoms with Gasteiger partial charge in [-0.1, -0.05) is 84.0 Å². The highest BCUT2D eigenvalue weighted by atomic mass is 16.7. The number of benzene rings is 2. The van der Waals surface area contributed by atoms with Crippen LogP contribution >= 0.6 is 0 Å². The molecule has 2 heteroatoms. The van der Waals surface area contributed by atoms with Crippen LogP contribution in [0, 0.1) is 11.3 Å². The quantitative estimate of drug-likeness (QED) is 0.453. The topological polar surface area (TPSA) is 18.5 Å². The van der Waals surface area contributed by atoms with Crippen molar-refractivity contribution in [2.24, 2.45) is 11.3 Å². The third-order valence-electron chi connectivity index (χ3n) is 4.82. The van der Waals surface area contributed by atoms with Crippen LogP contribution in [0.3, 0.4) is 0 Å². The van der Waals surface area contributed by atoms with Crippen LogP contribution in [0.15, 0.2) is 54.6 Å². The zero-order valence-electron chi connectivity index (χ0n) is 18.0. The van der Waals surface area contributed by atoms with Gasteiger partial charge in [-0.15, -0.1) is 0 Å². The van der Waals surface area contributed by atoms with Crippen LogP contribution in [-0.2, 0) is 4.74 Å². The number of hydrogen-bond acceptors (Lipinski definition) is 2. The molecule has 0 heterocycles. The third kappa shape index (κ3) is 6.70. The summed E-state index contributed by atoms with van der Waals surface area (Å²) in [5.41, 5.74) is 2.39. The van der Waals surface area contributed by atoms with Crippen LogP contribution in [0.25, 0.3) is 0 Å². The molecule has 2 rings (SSSR count). The van der Waals surface area contributed by atoms with Gasteiger partial charge < -0.3 is 9.47 Å². The maximum absolute atomic E-state index is 6.31. The molecule has 2 aromatic carbocycles. The minimum Gasteiger partial charge on any atom is -0.464 e. The van der Waals surface area contributed by atoms with Crippen LogP contribution in [0.5, 0.6) is 5.75 Å². The van der Waals surface area contributed by atoms with E-state index in [-0.39, 0.29) is 17.8 Å². The van der Waals surface area contributed by atoms with Crippen molar-refractivity contribution in [1.82, 2.24) is 0 Å². The summed E-state index contributed by atoms with van der Waals surface area (Å²) in [6.07, 6.45) is 0.843. The molecule has 0 saturated carbocycles. The van der Waals surface area contributed by atoms with Gasteiger partial charge in [-0.2, -0.15) is 0 Å². The van der Waals surface area contributed by atoms with Crippen molar-refractivity contribution in [3.05, 3.63) is 65.7 Å². The van der Waals surface area contributed by atoms with Crippen molar-refractivity contribution >= 4 is 0 Å². The van der Waals surface area contributed by atoms with Gasteiger partial charge in [-0.25, -0.2) is 0 Å². The van der Waals surface area contributed by atoms with Crippen LogP contribution in [-0.4, -0.2) is 6.29 Å². The van der Waals surface area contributed by atoms with E-state index in [0.717, 1.165) is 11.3 Å². The summed E-state index contributed by atoms with van der Waals surface area (Å²) in [5.74, 6) is 2.12. The Morgan fingerprint density at radius 3 is 1.89 bits per heavy atom. The Morgan fingerprint density at radius 2 is 1.37 bits per heavy atom. The fourth-order valence-corrected chi connectivity index (χ4v) is 3.24. The Hall–Kier alpha value is -1.80. The standard InChI is InChI=1S/C25H36O2/c1-18(2)17-19(3)21-13-15-23(16-14-21)27-24(25(5,6)7)26-20(4)22-11-9-8-10-12-22/h8-16,18-20,24H,17H2,1-7H3.